The largest absolute Gasteiger partial charge is 0.543 e. The standard InChI is InChI=1S/C53H74ClF3N4O3Si2/c1-32(2)65(33(3)4,34(5)6)24-20-41-45(56)18-17-38-25-40(64-66(35(7)8,36(9)10)37(11)12)26-42(46(38)41)47-44(54)27-43-49(48(47)57)58-51(59-50(43)61-22-16-21-53(14,62)30-61)63-31-52(13)29-60(15)23-19-39(52)28-55/h17-18,25-28,32-37,62H,16,19,21-23,29-31H2,1-15H3/b39-28+/t52-,53+/m0/s1. The molecule has 2 saturated heterocycles. The van der Waals surface area contributed by atoms with Crippen LogP contribution in [0.4, 0.5) is 19.0 Å². The molecular formula is C53H74ClF3N4O3Si2. The minimum atomic E-state index is -2.56. The first-order chi connectivity index (χ1) is 30.8. The Kier molecular flexibility index (Phi) is 15.5. The lowest BCUT2D eigenvalue weighted by atomic mass is 9.78. The summed E-state index contributed by atoms with van der Waals surface area (Å²) in [4.78, 5) is 13.7. The number of benzene rings is 3. The highest BCUT2D eigenvalue weighted by Gasteiger charge is 2.47. The van der Waals surface area contributed by atoms with E-state index in [1.807, 2.05) is 31.0 Å². The number of halogens is 4. The molecule has 7 nitrogen and oxygen atoms in total. The molecule has 2 atom stereocenters. The molecule has 0 unspecified atom stereocenters. The zero-order valence-corrected chi connectivity index (χ0v) is 44.9. The van der Waals surface area contributed by atoms with Gasteiger partial charge in [0.1, 0.15) is 37.6 Å². The maximum absolute atomic E-state index is 18.3. The number of hydrogen-bond donors (Lipinski definition) is 1. The summed E-state index contributed by atoms with van der Waals surface area (Å²) in [6.07, 6.45) is 2.48. The maximum atomic E-state index is 18.3. The third kappa shape index (κ3) is 9.67. The molecule has 13 heteroatoms. The molecule has 3 heterocycles. The number of rotatable bonds is 13. The fraction of sp³-hybridized carbons (Fsp3) is 0.585. The summed E-state index contributed by atoms with van der Waals surface area (Å²) in [6.45, 7) is 32.4. The van der Waals surface area contributed by atoms with E-state index >= 15 is 8.78 Å². The molecule has 2 aliphatic heterocycles. The molecule has 0 saturated carbocycles. The van der Waals surface area contributed by atoms with Gasteiger partial charge in [-0.3, -0.25) is 0 Å². The number of ether oxygens (including phenoxy) is 1. The van der Waals surface area contributed by atoms with E-state index in [0.29, 0.717) is 94.2 Å². The fourth-order valence-corrected chi connectivity index (χ4v) is 22.7. The van der Waals surface area contributed by atoms with Crippen LogP contribution in [0, 0.1) is 28.5 Å². The smallest absolute Gasteiger partial charge is 0.319 e. The molecule has 0 aliphatic carbocycles. The number of β-amino-alcohol motifs (C(OH)–C–C–N with tert-alkyl or cyclic N) is 1. The number of aliphatic hydroxyl groups is 1. The van der Waals surface area contributed by atoms with Gasteiger partial charge in [0, 0.05) is 47.9 Å². The van der Waals surface area contributed by atoms with E-state index in [1.165, 1.54) is 6.07 Å². The average molecular weight is 964 g/mol. The lowest BCUT2D eigenvalue weighted by Crippen LogP contribution is -2.50. The van der Waals surface area contributed by atoms with Crippen LogP contribution >= 0.6 is 11.6 Å². The van der Waals surface area contributed by atoms with Crippen LogP contribution in [-0.2, 0) is 0 Å². The molecule has 360 valence electrons. The summed E-state index contributed by atoms with van der Waals surface area (Å²) >= 11 is 7.38. The Balaban J connectivity index is 1.69. The molecule has 0 bridgehead atoms. The van der Waals surface area contributed by atoms with Gasteiger partial charge in [0.15, 0.2) is 5.82 Å². The van der Waals surface area contributed by atoms with Crippen LogP contribution in [0.15, 0.2) is 42.2 Å². The van der Waals surface area contributed by atoms with Crippen molar-refractivity contribution in [2.45, 2.75) is 155 Å². The lowest BCUT2D eigenvalue weighted by molar-refractivity contribution is 0.0447. The number of piperidine rings is 2. The van der Waals surface area contributed by atoms with Gasteiger partial charge in [-0.1, -0.05) is 114 Å². The molecule has 66 heavy (non-hydrogen) atoms. The molecular weight excluding hydrogens is 889 g/mol. The van der Waals surface area contributed by atoms with Gasteiger partial charge < -0.3 is 24.1 Å². The monoisotopic (exact) mass is 962 g/mol. The molecule has 2 aliphatic rings. The van der Waals surface area contributed by atoms with Crippen molar-refractivity contribution in [3.8, 4) is 34.4 Å². The van der Waals surface area contributed by atoms with Crippen LogP contribution in [0.1, 0.15) is 122 Å². The third-order valence-corrected chi connectivity index (χ3v) is 27.8. The Morgan fingerprint density at radius 1 is 0.879 bits per heavy atom. The molecule has 0 radical (unpaired) electrons. The van der Waals surface area contributed by atoms with Gasteiger partial charge in [0.25, 0.3) is 8.32 Å². The van der Waals surface area contributed by atoms with Crippen molar-refractivity contribution in [3.63, 3.8) is 0 Å². The zero-order valence-electron chi connectivity index (χ0n) is 42.1. The molecule has 3 aromatic carbocycles. The van der Waals surface area contributed by atoms with Crippen molar-refractivity contribution in [1.82, 2.24) is 14.9 Å². The van der Waals surface area contributed by atoms with E-state index in [1.54, 1.807) is 19.1 Å². The molecule has 1 aromatic heterocycles. The Labute approximate surface area is 400 Å². The maximum Gasteiger partial charge on any atom is 0.319 e. The van der Waals surface area contributed by atoms with Gasteiger partial charge in [0.2, 0.25) is 0 Å². The van der Waals surface area contributed by atoms with Gasteiger partial charge in [-0.2, -0.15) is 9.97 Å². The Morgan fingerprint density at radius 3 is 2.09 bits per heavy atom. The summed E-state index contributed by atoms with van der Waals surface area (Å²) in [5.74, 6) is 3.10. The van der Waals surface area contributed by atoms with E-state index in [2.05, 4.69) is 99.4 Å². The van der Waals surface area contributed by atoms with Crippen molar-refractivity contribution >= 4 is 55.5 Å². The second kappa shape index (κ2) is 19.8. The first kappa shape index (κ1) is 51.8. The van der Waals surface area contributed by atoms with E-state index < -0.39 is 39.0 Å². The summed E-state index contributed by atoms with van der Waals surface area (Å²) in [5.41, 5.74) is 4.78. The Morgan fingerprint density at radius 2 is 1.52 bits per heavy atom. The minimum Gasteiger partial charge on any atom is -0.543 e. The van der Waals surface area contributed by atoms with Crippen molar-refractivity contribution in [2.24, 2.45) is 5.41 Å². The number of likely N-dealkylation sites (tertiary alicyclic amines) is 1. The van der Waals surface area contributed by atoms with Crippen molar-refractivity contribution < 1.29 is 27.4 Å². The summed E-state index contributed by atoms with van der Waals surface area (Å²) in [6, 6.07) is 8.53. The van der Waals surface area contributed by atoms with Gasteiger partial charge in [-0.05, 0) is 107 Å². The van der Waals surface area contributed by atoms with Gasteiger partial charge in [0.05, 0.1) is 22.5 Å². The average Bonchev–Trinajstić information content (AvgIpc) is 3.21. The summed E-state index contributed by atoms with van der Waals surface area (Å²) < 4.78 is 63.1. The predicted octanol–water partition coefficient (Wildman–Crippen LogP) is 14.4. The Hall–Kier alpha value is -3.61. The quantitative estimate of drug-likeness (QED) is 0.106. The predicted molar refractivity (Wildman–Crippen MR) is 274 cm³/mol. The molecule has 1 N–H and O–H groups in total. The van der Waals surface area contributed by atoms with Crippen LogP contribution in [0.5, 0.6) is 11.8 Å². The topological polar surface area (TPSA) is 71.0 Å². The number of nitrogens with zero attached hydrogens (tertiary/aromatic N) is 4. The molecule has 2 fully saturated rings. The molecule has 4 aromatic rings. The summed E-state index contributed by atoms with van der Waals surface area (Å²) in [7, 11) is -2.93. The molecule has 0 amide bonds. The van der Waals surface area contributed by atoms with E-state index in [-0.39, 0.29) is 57.5 Å². The van der Waals surface area contributed by atoms with Crippen LogP contribution in [0.3, 0.4) is 0 Å². The third-order valence-electron chi connectivity index (χ3n) is 15.2. The second-order valence-corrected chi connectivity index (χ2v) is 33.2. The fourth-order valence-electron chi connectivity index (χ4n) is 12.0. The molecule has 0 spiro atoms. The normalized spacial score (nSPS) is 20.8. The zero-order chi connectivity index (χ0) is 48.8. The SMILES string of the molecule is CC(C)[Si](C#Cc1c(F)ccc2cc(O[Si](C(C)C)(C(C)C)C(C)C)cc(-c3c(Cl)cc4c(N5CCC[C@@](C)(O)C5)nc(OC[C@]5(C)CN(C)CC/C5=C\F)nc4c3F)c12)(C(C)C)C(C)C. The van der Waals surface area contributed by atoms with Crippen LogP contribution in [0.2, 0.25) is 38.3 Å². The Bertz CT molecular complexity index is 2490. The lowest BCUT2D eigenvalue weighted by Gasteiger charge is -2.42. The van der Waals surface area contributed by atoms with Crippen LogP contribution in [0.25, 0.3) is 32.8 Å². The molecule has 6 rings (SSSR count). The van der Waals surface area contributed by atoms with Gasteiger partial charge >= 0.3 is 6.01 Å². The number of hydrogen-bond acceptors (Lipinski definition) is 7. The first-order valence-electron chi connectivity index (χ1n) is 24.1. The van der Waals surface area contributed by atoms with E-state index in [4.69, 9.17) is 30.7 Å². The minimum absolute atomic E-state index is 0.0315. The van der Waals surface area contributed by atoms with E-state index in [9.17, 15) is 9.50 Å². The van der Waals surface area contributed by atoms with Crippen LogP contribution < -0.4 is 14.1 Å². The second-order valence-electron chi connectivity index (χ2n) is 21.8. The van der Waals surface area contributed by atoms with E-state index in [0.717, 1.165) is 6.54 Å². The van der Waals surface area contributed by atoms with Crippen molar-refractivity contribution in [3.05, 3.63) is 64.5 Å². The number of fused-ring (bicyclic) bond motifs is 2. The summed E-state index contributed by atoms with van der Waals surface area (Å²) in [5, 5.41) is 12.8. The first-order valence-corrected chi connectivity index (χ1v) is 28.8. The highest BCUT2D eigenvalue weighted by Crippen LogP contribution is 2.48. The van der Waals surface area contributed by atoms with Gasteiger partial charge in [-0.15, -0.1) is 5.54 Å². The highest BCUT2D eigenvalue weighted by molar-refractivity contribution is 6.90. The van der Waals surface area contributed by atoms with Crippen molar-refractivity contribution in [2.75, 3.05) is 44.7 Å². The number of aromatic nitrogens is 2. The van der Waals surface area contributed by atoms with Gasteiger partial charge in [-0.25, -0.2) is 13.2 Å². The van der Waals surface area contributed by atoms with Crippen molar-refractivity contribution in [1.29, 1.82) is 0 Å². The number of anilines is 1. The highest BCUT2D eigenvalue weighted by atomic mass is 35.5. The van der Waals surface area contributed by atoms with Crippen LogP contribution in [-0.4, -0.2) is 81.8 Å².